The number of halogens is 1. The van der Waals surface area contributed by atoms with Gasteiger partial charge in [-0.15, -0.1) is 0 Å². The van der Waals surface area contributed by atoms with Gasteiger partial charge in [0.25, 0.3) is 0 Å². The number of Topliss-reactive ketones (excluding diaryl/α,β-unsaturated/α-hetero) is 1. The monoisotopic (exact) mass is 273 g/mol. The molecule has 0 radical (unpaired) electrons. The van der Waals surface area contributed by atoms with Gasteiger partial charge in [-0.1, -0.05) is 12.1 Å². The van der Waals surface area contributed by atoms with Crippen LogP contribution in [0.4, 0.5) is 4.39 Å². The third-order valence-electron chi connectivity index (χ3n) is 2.68. The molecule has 0 aromatic heterocycles. The van der Waals surface area contributed by atoms with E-state index in [0.29, 0.717) is 11.3 Å². The van der Waals surface area contributed by atoms with E-state index in [-0.39, 0.29) is 12.2 Å². The fourth-order valence-electron chi connectivity index (χ4n) is 1.63. The van der Waals surface area contributed by atoms with E-state index < -0.39 is 17.5 Å². The Morgan fingerprint density at radius 2 is 1.70 bits per heavy atom. The summed E-state index contributed by atoms with van der Waals surface area (Å²) in [6.45, 7) is -0.281. The molecule has 0 saturated heterocycles. The maximum Gasteiger partial charge on any atom is 0.248 e. The Hall–Kier alpha value is -2.69. The molecule has 2 rings (SSSR count). The second-order valence-electron chi connectivity index (χ2n) is 4.08. The Morgan fingerprint density at radius 3 is 2.30 bits per heavy atom. The van der Waals surface area contributed by atoms with E-state index in [1.165, 1.54) is 42.5 Å². The Balaban J connectivity index is 2.00. The lowest BCUT2D eigenvalue weighted by atomic mass is 10.1. The van der Waals surface area contributed by atoms with Crippen LogP contribution in [0.15, 0.2) is 48.5 Å². The van der Waals surface area contributed by atoms with Gasteiger partial charge in [0.05, 0.1) is 5.56 Å². The van der Waals surface area contributed by atoms with Crippen LogP contribution in [0.25, 0.3) is 0 Å². The lowest BCUT2D eigenvalue weighted by Gasteiger charge is -2.06. The first-order valence-corrected chi connectivity index (χ1v) is 5.88. The van der Waals surface area contributed by atoms with Gasteiger partial charge in [-0.05, 0) is 36.4 Å². The van der Waals surface area contributed by atoms with Gasteiger partial charge in [-0.2, -0.15) is 0 Å². The number of ether oxygens (including phenoxy) is 1. The van der Waals surface area contributed by atoms with Crippen molar-refractivity contribution < 1.29 is 18.7 Å². The topological polar surface area (TPSA) is 69.4 Å². The predicted molar refractivity (Wildman–Crippen MR) is 71.2 cm³/mol. The number of primary amides is 1. The number of nitrogens with two attached hydrogens (primary N) is 1. The number of hydrogen-bond acceptors (Lipinski definition) is 3. The van der Waals surface area contributed by atoms with Crippen molar-refractivity contribution in [1.29, 1.82) is 0 Å². The molecule has 0 aliphatic rings. The highest BCUT2D eigenvalue weighted by molar-refractivity contribution is 5.97. The van der Waals surface area contributed by atoms with Crippen LogP contribution < -0.4 is 10.5 Å². The van der Waals surface area contributed by atoms with Crippen molar-refractivity contribution in [2.45, 2.75) is 0 Å². The molecule has 5 heteroatoms. The molecule has 2 aromatic carbocycles. The van der Waals surface area contributed by atoms with Crippen molar-refractivity contribution in [2.75, 3.05) is 6.61 Å². The van der Waals surface area contributed by atoms with Crippen LogP contribution in [0, 0.1) is 5.82 Å². The molecular formula is C15H12FNO3. The van der Waals surface area contributed by atoms with Crippen LogP contribution in [-0.4, -0.2) is 18.3 Å². The normalized spacial score (nSPS) is 10.1. The van der Waals surface area contributed by atoms with Crippen LogP contribution in [0.2, 0.25) is 0 Å². The second kappa shape index (κ2) is 5.97. The van der Waals surface area contributed by atoms with E-state index in [0.717, 1.165) is 0 Å². The first kappa shape index (κ1) is 13.7. The van der Waals surface area contributed by atoms with Gasteiger partial charge in [0.15, 0.2) is 6.61 Å². The summed E-state index contributed by atoms with van der Waals surface area (Å²) in [5.41, 5.74) is 5.44. The van der Waals surface area contributed by atoms with E-state index in [9.17, 15) is 14.0 Å². The molecule has 20 heavy (non-hydrogen) atoms. The van der Waals surface area contributed by atoms with E-state index >= 15 is 0 Å². The minimum atomic E-state index is -0.579. The van der Waals surface area contributed by atoms with E-state index in [1.807, 2.05) is 0 Å². The Bertz CT molecular complexity index is 638. The smallest absolute Gasteiger partial charge is 0.248 e. The molecule has 0 heterocycles. The molecule has 0 fully saturated rings. The Kier molecular flexibility index (Phi) is 4.10. The van der Waals surface area contributed by atoms with Crippen molar-refractivity contribution in [2.24, 2.45) is 5.73 Å². The Morgan fingerprint density at radius 1 is 1.05 bits per heavy atom. The standard InChI is InChI=1S/C15H12FNO3/c16-13-4-2-1-3-12(13)14(18)9-20-11-7-5-10(6-8-11)15(17)19/h1-8H,9H2,(H2,17,19). The average molecular weight is 273 g/mol. The third-order valence-corrected chi connectivity index (χ3v) is 2.68. The highest BCUT2D eigenvalue weighted by atomic mass is 19.1. The summed E-state index contributed by atoms with van der Waals surface area (Å²) < 4.78 is 18.6. The van der Waals surface area contributed by atoms with Crippen molar-refractivity contribution >= 4 is 11.7 Å². The largest absolute Gasteiger partial charge is 0.485 e. The highest BCUT2D eigenvalue weighted by Gasteiger charge is 2.11. The molecule has 0 atom stereocenters. The van der Waals surface area contributed by atoms with Crippen molar-refractivity contribution in [3.8, 4) is 5.75 Å². The summed E-state index contributed by atoms with van der Waals surface area (Å²) in [5.74, 6) is -1.18. The molecule has 2 N–H and O–H groups in total. The van der Waals surface area contributed by atoms with E-state index in [2.05, 4.69) is 0 Å². The van der Waals surface area contributed by atoms with Gasteiger partial charge < -0.3 is 10.5 Å². The van der Waals surface area contributed by atoms with E-state index in [4.69, 9.17) is 10.5 Å². The van der Waals surface area contributed by atoms with Crippen molar-refractivity contribution in [3.63, 3.8) is 0 Å². The molecule has 0 spiro atoms. The molecule has 4 nitrogen and oxygen atoms in total. The molecular weight excluding hydrogens is 261 g/mol. The number of hydrogen-bond donors (Lipinski definition) is 1. The molecule has 2 aromatic rings. The van der Waals surface area contributed by atoms with Gasteiger partial charge in [0, 0.05) is 5.56 Å². The maximum absolute atomic E-state index is 13.4. The first-order chi connectivity index (χ1) is 9.58. The van der Waals surface area contributed by atoms with Gasteiger partial charge >= 0.3 is 0 Å². The van der Waals surface area contributed by atoms with Crippen molar-refractivity contribution in [3.05, 3.63) is 65.5 Å². The van der Waals surface area contributed by atoms with Crippen LogP contribution in [0.3, 0.4) is 0 Å². The molecule has 0 unspecified atom stereocenters. The number of benzene rings is 2. The summed E-state index contributed by atoms with van der Waals surface area (Å²) >= 11 is 0. The predicted octanol–water partition coefficient (Wildman–Crippen LogP) is 2.19. The van der Waals surface area contributed by atoms with Gasteiger partial charge in [-0.3, -0.25) is 9.59 Å². The number of carbonyl (C=O) groups excluding carboxylic acids is 2. The van der Waals surface area contributed by atoms with Crippen LogP contribution >= 0.6 is 0 Å². The quantitative estimate of drug-likeness (QED) is 0.849. The number of ketones is 1. The molecule has 1 amide bonds. The summed E-state index contributed by atoms with van der Waals surface area (Å²) in [7, 11) is 0. The second-order valence-corrected chi connectivity index (χ2v) is 4.08. The summed E-state index contributed by atoms with van der Waals surface area (Å²) in [5, 5.41) is 0. The van der Waals surface area contributed by atoms with Crippen LogP contribution in [0.1, 0.15) is 20.7 Å². The Labute approximate surface area is 115 Å². The fourth-order valence-corrected chi connectivity index (χ4v) is 1.63. The zero-order valence-electron chi connectivity index (χ0n) is 10.5. The molecule has 0 aliphatic heterocycles. The first-order valence-electron chi connectivity index (χ1n) is 5.88. The minimum absolute atomic E-state index is 0.0127. The number of rotatable bonds is 5. The third kappa shape index (κ3) is 3.20. The molecule has 0 saturated carbocycles. The maximum atomic E-state index is 13.4. The van der Waals surface area contributed by atoms with Crippen LogP contribution in [-0.2, 0) is 0 Å². The lowest BCUT2D eigenvalue weighted by Crippen LogP contribution is -2.13. The highest BCUT2D eigenvalue weighted by Crippen LogP contribution is 2.13. The van der Waals surface area contributed by atoms with E-state index in [1.54, 1.807) is 6.07 Å². The zero-order chi connectivity index (χ0) is 14.5. The summed E-state index contributed by atoms with van der Waals surface area (Å²) in [6.07, 6.45) is 0. The number of carbonyl (C=O) groups is 2. The van der Waals surface area contributed by atoms with Gasteiger partial charge in [0.1, 0.15) is 11.6 Å². The van der Waals surface area contributed by atoms with Gasteiger partial charge in [-0.25, -0.2) is 4.39 Å². The molecule has 0 aliphatic carbocycles. The summed E-state index contributed by atoms with van der Waals surface area (Å²) in [4.78, 5) is 22.7. The molecule has 0 bridgehead atoms. The fraction of sp³-hybridized carbons (Fsp3) is 0.0667. The average Bonchev–Trinajstić information content (AvgIpc) is 2.45. The molecule has 102 valence electrons. The lowest BCUT2D eigenvalue weighted by molar-refractivity contribution is 0.0916. The number of amides is 1. The van der Waals surface area contributed by atoms with Crippen LogP contribution in [0.5, 0.6) is 5.75 Å². The summed E-state index contributed by atoms with van der Waals surface area (Å²) in [6, 6.07) is 11.7. The zero-order valence-corrected chi connectivity index (χ0v) is 10.5. The van der Waals surface area contributed by atoms with Crippen molar-refractivity contribution in [1.82, 2.24) is 0 Å². The minimum Gasteiger partial charge on any atom is -0.485 e. The SMILES string of the molecule is NC(=O)c1ccc(OCC(=O)c2ccccc2F)cc1. The van der Waals surface area contributed by atoms with Gasteiger partial charge in [0.2, 0.25) is 11.7 Å².